The van der Waals surface area contributed by atoms with Crippen molar-refractivity contribution >= 4 is 5.95 Å². The Balaban J connectivity index is 3.03. The van der Waals surface area contributed by atoms with Crippen LogP contribution in [0.25, 0.3) is 0 Å². The largest absolute Gasteiger partial charge is 0.348 e. The van der Waals surface area contributed by atoms with E-state index in [9.17, 15) is 0 Å². The van der Waals surface area contributed by atoms with Crippen molar-refractivity contribution in [3.05, 3.63) is 17.5 Å². The van der Waals surface area contributed by atoms with Crippen LogP contribution in [0.15, 0.2) is 6.07 Å². The molecular weight excluding hydrogens is 224 g/mol. The molecule has 1 aromatic rings. The van der Waals surface area contributed by atoms with E-state index in [-0.39, 0.29) is 5.54 Å². The van der Waals surface area contributed by atoms with Crippen LogP contribution in [-0.4, -0.2) is 22.1 Å². The molecule has 0 bridgehead atoms. The van der Waals surface area contributed by atoms with Gasteiger partial charge in [-0.3, -0.25) is 0 Å². The predicted octanol–water partition coefficient (Wildman–Crippen LogP) is 2.84. The van der Waals surface area contributed by atoms with Crippen molar-refractivity contribution in [1.82, 2.24) is 9.97 Å². The maximum absolute atomic E-state index is 5.89. The third kappa shape index (κ3) is 3.42. The zero-order valence-corrected chi connectivity index (χ0v) is 12.2. The van der Waals surface area contributed by atoms with Gasteiger partial charge in [0, 0.05) is 17.9 Å². The summed E-state index contributed by atoms with van der Waals surface area (Å²) in [6.45, 7) is 11.2. The first-order valence-corrected chi connectivity index (χ1v) is 6.80. The highest BCUT2D eigenvalue weighted by Crippen LogP contribution is 2.21. The molecule has 0 atom stereocenters. The minimum Gasteiger partial charge on any atom is -0.348 e. The van der Waals surface area contributed by atoms with E-state index in [0.717, 1.165) is 24.2 Å². The van der Waals surface area contributed by atoms with Gasteiger partial charge in [-0.05, 0) is 31.7 Å². The number of hydrogen-bond donors (Lipinski definition) is 2. The molecule has 0 unspecified atom stereocenters. The quantitative estimate of drug-likeness (QED) is 0.815. The molecule has 4 heteroatoms. The Labute approximate surface area is 110 Å². The first-order chi connectivity index (χ1) is 8.46. The molecule has 0 aliphatic heterocycles. The van der Waals surface area contributed by atoms with Gasteiger partial charge >= 0.3 is 0 Å². The van der Waals surface area contributed by atoms with E-state index >= 15 is 0 Å². The van der Waals surface area contributed by atoms with Crippen molar-refractivity contribution in [3.8, 4) is 0 Å². The number of anilines is 1. The van der Waals surface area contributed by atoms with Crippen LogP contribution < -0.4 is 11.1 Å². The summed E-state index contributed by atoms with van der Waals surface area (Å²) in [6.07, 6.45) is 1.93. The Morgan fingerprint density at radius 2 is 1.89 bits per heavy atom. The van der Waals surface area contributed by atoms with Crippen LogP contribution >= 0.6 is 0 Å². The summed E-state index contributed by atoms with van der Waals surface area (Å²) in [5.41, 5.74) is 7.87. The minimum absolute atomic E-state index is 0.0952. The summed E-state index contributed by atoms with van der Waals surface area (Å²) in [5.74, 6) is 1.11. The Morgan fingerprint density at radius 3 is 2.33 bits per heavy atom. The molecule has 0 saturated heterocycles. The molecule has 0 aliphatic rings. The van der Waals surface area contributed by atoms with Gasteiger partial charge in [-0.2, -0.15) is 0 Å². The van der Waals surface area contributed by atoms with Gasteiger partial charge in [0.05, 0.1) is 5.54 Å². The van der Waals surface area contributed by atoms with Gasteiger partial charge in [-0.1, -0.05) is 27.7 Å². The topological polar surface area (TPSA) is 63.8 Å². The summed E-state index contributed by atoms with van der Waals surface area (Å²) in [5, 5.41) is 3.43. The van der Waals surface area contributed by atoms with E-state index < -0.39 is 0 Å². The molecule has 0 aliphatic carbocycles. The first-order valence-electron chi connectivity index (χ1n) is 6.80. The number of nitrogens with one attached hydrogen (secondary N) is 1. The van der Waals surface area contributed by atoms with Gasteiger partial charge < -0.3 is 11.1 Å². The van der Waals surface area contributed by atoms with E-state index in [4.69, 9.17) is 5.73 Å². The van der Waals surface area contributed by atoms with Crippen LogP contribution in [0, 0.1) is 6.92 Å². The van der Waals surface area contributed by atoms with Crippen molar-refractivity contribution in [3.63, 3.8) is 0 Å². The lowest BCUT2D eigenvalue weighted by Gasteiger charge is -2.31. The van der Waals surface area contributed by atoms with E-state index in [1.807, 2.05) is 13.0 Å². The van der Waals surface area contributed by atoms with Gasteiger partial charge in [0.1, 0.15) is 0 Å². The number of hydrogen-bond acceptors (Lipinski definition) is 4. The Kier molecular flexibility index (Phi) is 5.08. The fourth-order valence-electron chi connectivity index (χ4n) is 1.95. The van der Waals surface area contributed by atoms with E-state index in [2.05, 4.69) is 43.0 Å². The van der Waals surface area contributed by atoms with Crippen molar-refractivity contribution < 1.29 is 0 Å². The van der Waals surface area contributed by atoms with E-state index in [0.29, 0.717) is 18.4 Å². The molecule has 4 nitrogen and oxygen atoms in total. The highest BCUT2D eigenvalue weighted by molar-refractivity contribution is 5.33. The summed E-state index contributed by atoms with van der Waals surface area (Å²) < 4.78 is 0. The highest BCUT2D eigenvalue weighted by Gasteiger charge is 2.25. The molecule has 0 aromatic carbocycles. The molecular formula is C14H26N4. The average molecular weight is 250 g/mol. The van der Waals surface area contributed by atoms with Crippen LogP contribution in [0.2, 0.25) is 0 Å². The lowest BCUT2D eigenvalue weighted by molar-refractivity contribution is 0.441. The molecule has 0 fully saturated rings. The third-order valence-electron chi connectivity index (χ3n) is 3.59. The molecule has 18 heavy (non-hydrogen) atoms. The molecule has 0 amide bonds. The maximum atomic E-state index is 5.89. The van der Waals surface area contributed by atoms with Crippen LogP contribution in [0.4, 0.5) is 5.95 Å². The molecule has 0 spiro atoms. The SMILES string of the molecule is CCC(CC)(CN)Nc1nc(C)cc(C(C)C)n1. The van der Waals surface area contributed by atoms with E-state index in [1.54, 1.807) is 0 Å². The van der Waals surface area contributed by atoms with Crippen molar-refractivity contribution in [2.45, 2.75) is 58.9 Å². The molecule has 3 N–H and O–H groups in total. The molecule has 0 saturated carbocycles. The van der Waals surface area contributed by atoms with E-state index in [1.165, 1.54) is 0 Å². The Morgan fingerprint density at radius 1 is 1.28 bits per heavy atom. The molecule has 1 aromatic heterocycles. The Bertz CT molecular complexity index is 375. The highest BCUT2D eigenvalue weighted by atomic mass is 15.2. The van der Waals surface area contributed by atoms with Crippen LogP contribution in [-0.2, 0) is 0 Å². The number of rotatable bonds is 6. The summed E-state index contributed by atoms with van der Waals surface area (Å²) in [7, 11) is 0. The smallest absolute Gasteiger partial charge is 0.223 e. The number of nitrogens with zero attached hydrogens (tertiary/aromatic N) is 2. The van der Waals surface area contributed by atoms with Crippen LogP contribution in [0.3, 0.4) is 0 Å². The normalized spacial score (nSPS) is 11.9. The predicted molar refractivity (Wildman–Crippen MR) is 76.8 cm³/mol. The fourth-order valence-corrected chi connectivity index (χ4v) is 1.95. The lowest BCUT2D eigenvalue weighted by Crippen LogP contribution is -2.45. The van der Waals surface area contributed by atoms with Gasteiger partial charge in [-0.15, -0.1) is 0 Å². The monoisotopic (exact) mass is 250 g/mol. The average Bonchev–Trinajstić information content (AvgIpc) is 2.35. The fraction of sp³-hybridized carbons (Fsp3) is 0.714. The second kappa shape index (κ2) is 6.14. The molecule has 1 rings (SSSR count). The molecule has 1 heterocycles. The third-order valence-corrected chi connectivity index (χ3v) is 3.59. The van der Waals surface area contributed by atoms with Gasteiger partial charge in [0.25, 0.3) is 0 Å². The van der Waals surface area contributed by atoms with Gasteiger partial charge in [-0.25, -0.2) is 9.97 Å². The van der Waals surface area contributed by atoms with Crippen molar-refractivity contribution in [1.29, 1.82) is 0 Å². The van der Waals surface area contributed by atoms with Crippen molar-refractivity contribution in [2.24, 2.45) is 5.73 Å². The van der Waals surface area contributed by atoms with Crippen molar-refractivity contribution in [2.75, 3.05) is 11.9 Å². The van der Waals surface area contributed by atoms with Gasteiger partial charge in [0.15, 0.2) is 0 Å². The summed E-state index contributed by atoms with van der Waals surface area (Å²) >= 11 is 0. The number of aryl methyl sites for hydroxylation is 1. The first kappa shape index (κ1) is 14.9. The van der Waals surface area contributed by atoms with Crippen LogP contribution in [0.5, 0.6) is 0 Å². The Hall–Kier alpha value is -1.16. The van der Waals surface area contributed by atoms with Crippen LogP contribution in [0.1, 0.15) is 57.8 Å². The second-order valence-electron chi connectivity index (χ2n) is 5.23. The number of aromatic nitrogens is 2. The molecule has 0 radical (unpaired) electrons. The number of nitrogens with two attached hydrogens (primary N) is 1. The lowest BCUT2D eigenvalue weighted by atomic mass is 9.93. The molecule has 102 valence electrons. The standard InChI is InChI=1S/C14H26N4/c1-6-14(7-2,9-15)18-13-16-11(5)8-12(17-13)10(3)4/h8,10H,6-7,9,15H2,1-5H3,(H,16,17,18). The zero-order chi connectivity index (χ0) is 13.8. The maximum Gasteiger partial charge on any atom is 0.223 e. The minimum atomic E-state index is -0.0952. The summed E-state index contributed by atoms with van der Waals surface area (Å²) in [4.78, 5) is 9.05. The second-order valence-corrected chi connectivity index (χ2v) is 5.23. The zero-order valence-electron chi connectivity index (χ0n) is 12.2. The summed E-state index contributed by atoms with van der Waals surface area (Å²) in [6, 6.07) is 2.04. The van der Waals surface area contributed by atoms with Gasteiger partial charge in [0.2, 0.25) is 5.95 Å².